The van der Waals surface area contributed by atoms with E-state index in [4.69, 9.17) is 4.74 Å². The molecule has 0 amide bonds. The van der Waals surface area contributed by atoms with Gasteiger partial charge in [-0.05, 0) is 36.8 Å². The Morgan fingerprint density at radius 2 is 1.66 bits per heavy atom. The van der Waals surface area contributed by atoms with Gasteiger partial charge in [0, 0.05) is 24.4 Å². The number of hydrogen-bond donors (Lipinski definition) is 0. The Kier molecular flexibility index (Phi) is 5.07. The van der Waals surface area contributed by atoms with Gasteiger partial charge >= 0.3 is 0 Å². The lowest BCUT2D eigenvalue weighted by Gasteiger charge is -2.18. The van der Waals surface area contributed by atoms with E-state index >= 15 is 0 Å². The third-order valence-corrected chi connectivity index (χ3v) is 7.44. The van der Waals surface area contributed by atoms with Crippen LogP contribution in [0, 0.1) is 0 Å². The molecule has 0 radical (unpaired) electrons. The molecular formula is C25H23N3O3S. The second-order valence-corrected chi connectivity index (χ2v) is 9.43. The van der Waals surface area contributed by atoms with Crippen molar-refractivity contribution in [3.63, 3.8) is 0 Å². The van der Waals surface area contributed by atoms with Gasteiger partial charge in [-0.1, -0.05) is 48.5 Å². The highest BCUT2D eigenvalue weighted by molar-refractivity contribution is 7.90. The average molecular weight is 446 g/mol. The number of nitrogens with zero attached hydrogens (tertiary/aromatic N) is 3. The Labute approximate surface area is 186 Å². The topological polar surface area (TPSA) is 66.1 Å². The van der Waals surface area contributed by atoms with Gasteiger partial charge in [0.2, 0.25) is 0 Å². The smallest absolute Gasteiger partial charge is 0.268 e. The van der Waals surface area contributed by atoms with Gasteiger partial charge in [0.25, 0.3) is 10.0 Å². The Morgan fingerprint density at radius 1 is 0.938 bits per heavy atom. The second-order valence-electron chi connectivity index (χ2n) is 7.64. The van der Waals surface area contributed by atoms with Gasteiger partial charge in [-0.3, -0.25) is 0 Å². The van der Waals surface area contributed by atoms with Crippen LogP contribution in [-0.4, -0.2) is 28.5 Å². The maximum absolute atomic E-state index is 13.7. The fourth-order valence-corrected chi connectivity index (χ4v) is 5.75. The molecule has 0 N–H and O–H groups in total. The Morgan fingerprint density at radius 3 is 2.38 bits per heavy atom. The third-order valence-electron chi connectivity index (χ3n) is 5.69. The van der Waals surface area contributed by atoms with Crippen LogP contribution in [0.2, 0.25) is 0 Å². The van der Waals surface area contributed by atoms with Crippen LogP contribution >= 0.6 is 0 Å². The lowest BCUT2D eigenvalue weighted by Crippen LogP contribution is -2.13. The van der Waals surface area contributed by atoms with Gasteiger partial charge < -0.3 is 9.30 Å². The Hall–Kier alpha value is -3.42. The highest BCUT2D eigenvalue weighted by Crippen LogP contribution is 2.35. The number of ether oxygens (including phenoxy) is 1. The summed E-state index contributed by atoms with van der Waals surface area (Å²) >= 11 is 0. The number of imidazole rings is 1. The predicted octanol–water partition coefficient (Wildman–Crippen LogP) is 4.89. The van der Waals surface area contributed by atoms with E-state index in [1.807, 2.05) is 67.1 Å². The number of rotatable bonds is 6. The van der Waals surface area contributed by atoms with Crippen LogP contribution in [0.1, 0.15) is 24.3 Å². The minimum Gasteiger partial charge on any atom is -0.367 e. The van der Waals surface area contributed by atoms with Crippen molar-refractivity contribution in [1.29, 1.82) is 0 Å². The quantitative estimate of drug-likeness (QED) is 0.373. The first-order valence-corrected chi connectivity index (χ1v) is 11.9. The van der Waals surface area contributed by atoms with Gasteiger partial charge in [0.05, 0.1) is 34.1 Å². The van der Waals surface area contributed by atoms with Crippen molar-refractivity contribution in [3.05, 3.63) is 96.6 Å². The van der Waals surface area contributed by atoms with Gasteiger partial charge in [-0.15, -0.1) is 0 Å². The van der Waals surface area contributed by atoms with Crippen LogP contribution < -0.4 is 0 Å². The Bertz CT molecular complexity index is 1520. The zero-order valence-electron chi connectivity index (χ0n) is 17.8. The van der Waals surface area contributed by atoms with Crippen LogP contribution in [0.5, 0.6) is 0 Å². The van der Waals surface area contributed by atoms with Gasteiger partial charge in [0.1, 0.15) is 6.10 Å². The SMILES string of the molecule is CCOC(c1ccc2c3ccccc3n(S(=O)(=O)c3ccccc3)c2c1)c1cncn1C. The van der Waals surface area contributed by atoms with Crippen LogP contribution in [0.25, 0.3) is 21.8 Å². The molecule has 6 nitrogen and oxygen atoms in total. The van der Waals surface area contributed by atoms with Crippen molar-refractivity contribution in [2.24, 2.45) is 7.05 Å². The number of aromatic nitrogens is 3. The van der Waals surface area contributed by atoms with Crippen LogP contribution in [0.3, 0.4) is 0 Å². The van der Waals surface area contributed by atoms with E-state index < -0.39 is 10.0 Å². The van der Waals surface area contributed by atoms with Crippen molar-refractivity contribution >= 4 is 31.8 Å². The number of hydrogen-bond acceptors (Lipinski definition) is 4. The average Bonchev–Trinajstić information content (AvgIpc) is 3.38. The third kappa shape index (κ3) is 3.21. The lowest BCUT2D eigenvalue weighted by molar-refractivity contribution is 0.0864. The van der Waals surface area contributed by atoms with Crippen molar-refractivity contribution in [2.75, 3.05) is 6.61 Å². The monoisotopic (exact) mass is 445 g/mol. The van der Waals surface area contributed by atoms with Crippen molar-refractivity contribution in [1.82, 2.24) is 13.5 Å². The van der Waals surface area contributed by atoms with E-state index in [9.17, 15) is 8.42 Å². The van der Waals surface area contributed by atoms with E-state index in [1.54, 1.807) is 36.8 Å². The molecule has 0 saturated heterocycles. The highest BCUT2D eigenvalue weighted by atomic mass is 32.2. The van der Waals surface area contributed by atoms with E-state index in [2.05, 4.69) is 4.98 Å². The molecule has 0 spiro atoms. The summed E-state index contributed by atoms with van der Waals surface area (Å²) in [5, 5.41) is 1.77. The van der Waals surface area contributed by atoms with Crippen molar-refractivity contribution in [3.8, 4) is 0 Å². The molecule has 1 unspecified atom stereocenters. The van der Waals surface area contributed by atoms with E-state index in [0.29, 0.717) is 17.6 Å². The molecule has 2 aromatic heterocycles. The fourth-order valence-electron chi connectivity index (χ4n) is 4.21. The molecule has 3 aromatic carbocycles. The summed E-state index contributed by atoms with van der Waals surface area (Å²) in [6, 6.07) is 22.0. The molecule has 1 atom stereocenters. The Balaban J connectivity index is 1.81. The number of para-hydroxylation sites is 1. The summed E-state index contributed by atoms with van der Waals surface area (Å²) in [7, 11) is -1.89. The zero-order chi connectivity index (χ0) is 22.3. The molecule has 5 aromatic rings. The normalized spacial score (nSPS) is 13.1. The standard InChI is InChI=1S/C25H23N3O3S/c1-3-31-25(24-16-26-17-27(24)2)18-13-14-21-20-11-7-8-12-22(20)28(23(21)15-18)32(29,30)19-9-5-4-6-10-19/h4-17,25H,3H2,1-2H3. The molecule has 32 heavy (non-hydrogen) atoms. The van der Waals surface area contributed by atoms with Crippen molar-refractivity contribution < 1.29 is 13.2 Å². The number of fused-ring (bicyclic) bond motifs is 3. The van der Waals surface area contributed by atoms with Gasteiger partial charge in [0.15, 0.2) is 0 Å². The summed E-state index contributed by atoms with van der Waals surface area (Å²) in [5.41, 5.74) is 3.05. The molecule has 0 aliphatic heterocycles. The van der Waals surface area contributed by atoms with Gasteiger partial charge in [-0.2, -0.15) is 0 Å². The highest BCUT2D eigenvalue weighted by Gasteiger charge is 2.25. The summed E-state index contributed by atoms with van der Waals surface area (Å²) in [4.78, 5) is 4.48. The molecule has 0 bridgehead atoms. The van der Waals surface area contributed by atoms with Crippen LogP contribution in [-0.2, 0) is 21.8 Å². The minimum absolute atomic E-state index is 0.251. The van der Waals surface area contributed by atoms with E-state index in [0.717, 1.165) is 22.0 Å². The fraction of sp³-hybridized carbons (Fsp3) is 0.160. The first-order chi connectivity index (χ1) is 15.5. The van der Waals surface area contributed by atoms with E-state index in [1.165, 1.54) is 3.97 Å². The minimum atomic E-state index is -3.81. The molecular weight excluding hydrogens is 422 g/mol. The maximum Gasteiger partial charge on any atom is 0.268 e. The molecule has 5 rings (SSSR count). The number of benzene rings is 3. The number of aryl methyl sites for hydroxylation is 1. The second kappa shape index (κ2) is 7.93. The summed E-state index contributed by atoms with van der Waals surface area (Å²) in [6.45, 7) is 2.46. The first kappa shape index (κ1) is 20.5. The predicted molar refractivity (Wildman–Crippen MR) is 125 cm³/mol. The molecule has 0 saturated carbocycles. The summed E-state index contributed by atoms with van der Waals surface area (Å²) in [6.07, 6.45) is 3.15. The van der Waals surface area contributed by atoms with Crippen LogP contribution in [0.4, 0.5) is 0 Å². The summed E-state index contributed by atoms with van der Waals surface area (Å²) < 4.78 is 36.9. The van der Waals surface area contributed by atoms with E-state index in [-0.39, 0.29) is 11.0 Å². The maximum atomic E-state index is 13.7. The van der Waals surface area contributed by atoms with Crippen molar-refractivity contribution in [2.45, 2.75) is 17.9 Å². The largest absolute Gasteiger partial charge is 0.367 e. The molecule has 7 heteroatoms. The first-order valence-electron chi connectivity index (χ1n) is 10.4. The molecule has 0 aliphatic carbocycles. The zero-order valence-corrected chi connectivity index (χ0v) is 18.7. The summed E-state index contributed by atoms with van der Waals surface area (Å²) in [5.74, 6) is 0. The molecule has 2 heterocycles. The van der Waals surface area contributed by atoms with Gasteiger partial charge in [-0.25, -0.2) is 17.4 Å². The lowest BCUT2D eigenvalue weighted by atomic mass is 10.0. The molecule has 162 valence electrons. The molecule has 0 fully saturated rings. The molecule has 0 aliphatic rings. The van der Waals surface area contributed by atoms with Crippen LogP contribution in [0.15, 0.2) is 90.2 Å².